The van der Waals surface area contributed by atoms with Crippen LogP contribution in [-0.2, 0) is 0 Å². The van der Waals surface area contributed by atoms with Crippen molar-refractivity contribution in [2.24, 2.45) is 0 Å². The molecule has 262 valence electrons. The first-order valence-corrected chi connectivity index (χ1v) is 18.4. The SMILES string of the molecule is [2H]c1c([2H])c([2H])c2c(c1[2H])c1c3c4c([2H])c([2H])c([2H])c([2H])c4n(-c4cc(-c5ccccc5)cc(-c5ccccc5)c4)c3c([2H])c([2H])c1n2-c1cccc(-c2ccc(-c3ccccc3)cc2)c1. The van der Waals surface area contributed by atoms with E-state index in [4.69, 9.17) is 5.48 Å². The van der Waals surface area contributed by atoms with Gasteiger partial charge in [0.25, 0.3) is 0 Å². The fraction of sp³-hybridized carbons (Fsp3) is 0. The predicted octanol–water partition coefficient (Wildman–Crippen LogP) is 14.5. The highest BCUT2D eigenvalue weighted by Crippen LogP contribution is 2.43. The number of aromatic nitrogens is 2. The summed E-state index contributed by atoms with van der Waals surface area (Å²) < 4.78 is 96.7. The highest BCUT2D eigenvalue weighted by molar-refractivity contribution is 6.29. The molecular weight excluding hydrogens is 677 g/mol. The van der Waals surface area contributed by atoms with E-state index in [0.29, 0.717) is 11.4 Å². The van der Waals surface area contributed by atoms with Crippen molar-refractivity contribution in [3.05, 3.63) is 218 Å². The minimum Gasteiger partial charge on any atom is -0.309 e. The van der Waals surface area contributed by atoms with Gasteiger partial charge in [0.15, 0.2) is 0 Å². The Bertz CT molecular complexity index is 3730. The maximum atomic E-state index is 9.96. The Morgan fingerprint density at radius 2 is 0.679 bits per heavy atom. The van der Waals surface area contributed by atoms with E-state index in [1.165, 1.54) is 0 Å². The molecule has 0 saturated carbocycles. The first kappa shape index (κ1) is 23.4. The Balaban J connectivity index is 1.29. The molecule has 0 bridgehead atoms. The number of hydrogen-bond acceptors (Lipinski definition) is 0. The molecule has 0 N–H and O–H groups in total. The number of rotatable bonds is 6. The third kappa shape index (κ3) is 5.26. The van der Waals surface area contributed by atoms with E-state index in [2.05, 4.69) is 0 Å². The zero-order valence-electron chi connectivity index (χ0n) is 39.9. The molecule has 2 heterocycles. The van der Waals surface area contributed by atoms with Crippen LogP contribution in [0.2, 0.25) is 0 Å². The van der Waals surface area contributed by atoms with Gasteiger partial charge in [0.1, 0.15) is 0 Å². The fourth-order valence-electron chi connectivity index (χ4n) is 8.00. The second-order valence-electron chi connectivity index (χ2n) is 13.8. The molecule has 0 amide bonds. The maximum Gasteiger partial charge on any atom is 0.0646 e. The van der Waals surface area contributed by atoms with Crippen molar-refractivity contribution < 1.29 is 13.7 Å². The van der Waals surface area contributed by atoms with E-state index in [1.54, 1.807) is 15.2 Å². The van der Waals surface area contributed by atoms with Gasteiger partial charge < -0.3 is 9.13 Å². The fourth-order valence-corrected chi connectivity index (χ4v) is 8.00. The van der Waals surface area contributed by atoms with Gasteiger partial charge in [-0.1, -0.05) is 164 Å². The van der Waals surface area contributed by atoms with E-state index in [9.17, 15) is 8.22 Å². The van der Waals surface area contributed by atoms with E-state index in [-0.39, 0.29) is 79.9 Å². The van der Waals surface area contributed by atoms with Crippen LogP contribution in [0.25, 0.3) is 99.5 Å². The summed E-state index contributed by atoms with van der Waals surface area (Å²) in [5, 5.41) is 0.504. The molecule has 9 aromatic carbocycles. The normalized spacial score (nSPS) is 14.1. The largest absolute Gasteiger partial charge is 0.309 e. The predicted molar refractivity (Wildman–Crippen MR) is 237 cm³/mol. The molecule has 11 aromatic rings. The van der Waals surface area contributed by atoms with Crippen molar-refractivity contribution in [1.82, 2.24) is 9.13 Å². The monoisotopic (exact) mass is 722 g/mol. The zero-order chi connectivity index (χ0) is 45.7. The molecule has 2 nitrogen and oxygen atoms in total. The minimum atomic E-state index is -0.499. The molecule has 0 fully saturated rings. The third-order valence-electron chi connectivity index (χ3n) is 10.6. The third-order valence-corrected chi connectivity index (χ3v) is 10.6. The molecule has 56 heavy (non-hydrogen) atoms. The van der Waals surface area contributed by atoms with Gasteiger partial charge in [-0.3, -0.25) is 0 Å². The summed E-state index contributed by atoms with van der Waals surface area (Å²) in [5.41, 5.74) is 8.53. The van der Waals surface area contributed by atoms with Gasteiger partial charge in [-0.05, 0) is 99.0 Å². The lowest BCUT2D eigenvalue weighted by Crippen LogP contribution is -1.96. The Kier molecular flexibility index (Phi) is 5.49. The molecule has 0 saturated heterocycles. The van der Waals surface area contributed by atoms with Crippen LogP contribution in [-0.4, -0.2) is 9.13 Å². The molecule has 0 spiro atoms. The van der Waals surface area contributed by atoms with Crippen LogP contribution in [0.1, 0.15) is 13.7 Å². The first-order valence-electron chi connectivity index (χ1n) is 23.4. The lowest BCUT2D eigenvalue weighted by Gasteiger charge is -2.14. The van der Waals surface area contributed by atoms with E-state index < -0.39 is 24.2 Å². The van der Waals surface area contributed by atoms with Crippen molar-refractivity contribution in [2.45, 2.75) is 0 Å². The highest BCUT2D eigenvalue weighted by atomic mass is 15.0. The Hall–Kier alpha value is -7.42. The summed E-state index contributed by atoms with van der Waals surface area (Å²) >= 11 is 0. The minimum absolute atomic E-state index is 0.0691. The van der Waals surface area contributed by atoms with Gasteiger partial charge in [-0.2, -0.15) is 0 Å². The topological polar surface area (TPSA) is 9.86 Å². The van der Waals surface area contributed by atoms with Gasteiger partial charge in [-0.25, -0.2) is 0 Å². The van der Waals surface area contributed by atoms with E-state index in [1.807, 2.05) is 152 Å². The van der Waals surface area contributed by atoms with Crippen LogP contribution in [0.4, 0.5) is 0 Å². The summed E-state index contributed by atoms with van der Waals surface area (Å²) in [6.45, 7) is 0. The van der Waals surface area contributed by atoms with Crippen LogP contribution in [0.5, 0.6) is 0 Å². The molecule has 0 aliphatic carbocycles. The molecule has 2 heteroatoms. The smallest absolute Gasteiger partial charge is 0.0646 e. The molecule has 2 aromatic heterocycles. The summed E-state index contributed by atoms with van der Waals surface area (Å²) in [7, 11) is 0. The lowest BCUT2D eigenvalue weighted by atomic mass is 9.98. The first-order chi connectivity index (χ1) is 31.9. The quantitative estimate of drug-likeness (QED) is 0.162. The summed E-state index contributed by atoms with van der Waals surface area (Å²) in [6, 6.07) is 46.9. The van der Waals surface area contributed by atoms with E-state index >= 15 is 0 Å². The summed E-state index contributed by atoms with van der Waals surface area (Å²) in [4.78, 5) is 0. The van der Waals surface area contributed by atoms with Crippen molar-refractivity contribution in [1.29, 1.82) is 0 Å². The van der Waals surface area contributed by atoms with Gasteiger partial charge in [0, 0.05) is 32.9 Å². The Morgan fingerprint density at radius 1 is 0.286 bits per heavy atom. The molecule has 0 radical (unpaired) electrons. The van der Waals surface area contributed by atoms with Gasteiger partial charge >= 0.3 is 0 Å². The Morgan fingerprint density at radius 3 is 1.20 bits per heavy atom. The standard InChI is InChI=1S/C54H36N2/c1-4-15-37(16-5-1)40-27-29-41(30-28-40)42-21-14-22-45(34-42)55-49-25-12-10-23-47(49)53-51(55)31-32-52-54(53)48-24-11-13-26-50(48)56(52)46-35-43(38-17-6-2-7-18-38)33-44(36-46)39-19-8-3-9-20-39/h1-36H/i10D,11D,12D,13D,23D,24D,25D,26D,31D,32D. The van der Waals surface area contributed by atoms with Crippen molar-refractivity contribution >= 4 is 43.6 Å². The molecule has 11 rings (SSSR count). The molecule has 0 atom stereocenters. The van der Waals surface area contributed by atoms with Crippen molar-refractivity contribution in [3.8, 4) is 55.9 Å². The summed E-state index contributed by atoms with van der Waals surface area (Å²) in [6.07, 6.45) is 0. The number of fused-ring (bicyclic) bond motifs is 7. The molecule has 0 unspecified atom stereocenters. The van der Waals surface area contributed by atoms with Crippen LogP contribution in [0.3, 0.4) is 0 Å². The second kappa shape index (κ2) is 13.2. The zero-order valence-corrected chi connectivity index (χ0v) is 29.9. The second-order valence-corrected chi connectivity index (χ2v) is 13.8. The number of nitrogens with zero attached hydrogens (tertiary/aromatic N) is 2. The van der Waals surface area contributed by atoms with Crippen molar-refractivity contribution in [2.75, 3.05) is 0 Å². The average molecular weight is 723 g/mol. The van der Waals surface area contributed by atoms with E-state index in [0.717, 1.165) is 44.5 Å². The van der Waals surface area contributed by atoms with Gasteiger partial charge in [-0.15, -0.1) is 0 Å². The van der Waals surface area contributed by atoms with Crippen molar-refractivity contribution in [3.63, 3.8) is 0 Å². The highest BCUT2D eigenvalue weighted by Gasteiger charge is 2.21. The van der Waals surface area contributed by atoms with Gasteiger partial charge in [0.05, 0.1) is 35.8 Å². The van der Waals surface area contributed by atoms with Gasteiger partial charge in [0.2, 0.25) is 0 Å². The average Bonchev–Trinajstić information content (AvgIpc) is 3.91. The lowest BCUT2D eigenvalue weighted by molar-refractivity contribution is 1.17. The molecular formula is C54H36N2. The van der Waals surface area contributed by atoms with Crippen LogP contribution in [0, 0.1) is 0 Å². The number of para-hydroxylation sites is 2. The number of hydrogen-bond donors (Lipinski definition) is 0. The number of benzene rings is 9. The maximum absolute atomic E-state index is 9.96. The summed E-state index contributed by atoms with van der Waals surface area (Å²) in [5.74, 6) is 0. The molecule has 0 aliphatic heterocycles. The van der Waals surface area contributed by atoms with Crippen LogP contribution in [0.15, 0.2) is 218 Å². The van der Waals surface area contributed by atoms with Crippen LogP contribution < -0.4 is 0 Å². The Labute approximate surface area is 339 Å². The van der Waals surface area contributed by atoms with Crippen LogP contribution >= 0.6 is 0 Å². The molecule has 0 aliphatic rings.